The first-order chi connectivity index (χ1) is 11.2. The van der Waals surface area contributed by atoms with Crippen molar-refractivity contribution < 1.29 is 4.39 Å². The van der Waals surface area contributed by atoms with Crippen LogP contribution in [-0.4, -0.2) is 13.6 Å². The standard InChI is InChI=1S/C17H20FN.2C2H6/c1-13-5-3-6-14(11-13)17(9-10-19-2)15-7-4-8-16(18)12-15;2*1-2/h3-8,11-12,17,19H,9-10H2,1-2H3;2*1-2H3. The van der Waals surface area contributed by atoms with Gasteiger partial charge in [-0.25, -0.2) is 4.39 Å². The Morgan fingerprint density at radius 3 is 2.00 bits per heavy atom. The monoisotopic (exact) mass is 317 g/mol. The summed E-state index contributed by atoms with van der Waals surface area (Å²) >= 11 is 0. The van der Waals surface area contributed by atoms with Gasteiger partial charge >= 0.3 is 0 Å². The van der Waals surface area contributed by atoms with Gasteiger partial charge in [0.05, 0.1) is 0 Å². The molecule has 0 heterocycles. The van der Waals surface area contributed by atoms with Crippen LogP contribution in [0.25, 0.3) is 0 Å². The minimum absolute atomic E-state index is 0.167. The van der Waals surface area contributed by atoms with Crippen molar-refractivity contribution in [3.05, 3.63) is 71.0 Å². The van der Waals surface area contributed by atoms with E-state index in [4.69, 9.17) is 0 Å². The number of rotatable bonds is 5. The van der Waals surface area contributed by atoms with Crippen molar-refractivity contribution >= 4 is 0 Å². The second-order valence-electron chi connectivity index (χ2n) is 4.91. The summed E-state index contributed by atoms with van der Waals surface area (Å²) in [5.74, 6) is 0.0719. The highest BCUT2D eigenvalue weighted by atomic mass is 19.1. The lowest BCUT2D eigenvalue weighted by atomic mass is 9.88. The van der Waals surface area contributed by atoms with Gasteiger partial charge in [0.15, 0.2) is 0 Å². The molecule has 2 heteroatoms. The molecule has 0 aliphatic carbocycles. The second kappa shape index (κ2) is 12.8. The van der Waals surface area contributed by atoms with E-state index in [2.05, 4.69) is 36.5 Å². The molecule has 2 rings (SSSR count). The molecule has 1 N–H and O–H groups in total. The van der Waals surface area contributed by atoms with E-state index >= 15 is 0 Å². The molecule has 1 atom stereocenters. The molecule has 0 amide bonds. The van der Waals surface area contributed by atoms with Gasteiger partial charge in [-0.3, -0.25) is 0 Å². The zero-order valence-electron chi connectivity index (χ0n) is 15.5. The smallest absolute Gasteiger partial charge is 0.123 e. The van der Waals surface area contributed by atoms with Crippen molar-refractivity contribution in [3.63, 3.8) is 0 Å². The fourth-order valence-corrected chi connectivity index (χ4v) is 2.42. The topological polar surface area (TPSA) is 12.0 Å². The van der Waals surface area contributed by atoms with Gasteiger partial charge in [0.1, 0.15) is 5.82 Å². The molecule has 0 aliphatic rings. The van der Waals surface area contributed by atoms with Gasteiger partial charge in [-0.05, 0) is 50.2 Å². The molecule has 0 bridgehead atoms. The van der Waals surface area contributed by atoms with Gasteiger partial charge in [0.25, 0.3) is 0 Å². The van der Waals surface area contributed by atoms with Gasteiger partial charge in [-0.15, -0.1) is 0 Å². The van der Waals surface area contributed by atoms with Crippen LogP contribution in [0.2, 0.25) is 0 Å². The molecule has 2 aromatic carbocycles. The van der Waals surface area contributed by atoms with E-state index in [1.165, 1.54) is 17.2 Å². The Bertz CT molecular complexity index is 491. The Morgan fingerprint density at radius 2 is 1.48 bits per heavy atom. The van der Waals surface area contributed by atoms with Crippen molar-refractivity contribution in [2.24, 2.45) is 0 Å². The Kier molecular flexibility index (Phi) is 11.9. The highest BCUT2D eigenvalue weighted by Crippen LogP contribution is 2.28. The summed E-state index contributed by atoms with van der Waals surface area (Å²) in [5.41, 5.74) is 3.53. The van der Waals surface area contributed by atoms with Crippen molar-refractivity contribution in [1.29, 1.82) is 0 Å². The fourth-order valence-electron chi connectivity index (χ4n) is 2.42. The van der Waals surface area contributed by atoms with Gasteiger partial charge in [-0.2, -0.15) is 0 Å². The number of halogens is 1. The van der Waals surface area contributed by atoms with Crippen LogP contribution in [0, 0.1) is 12.7 Å². The van der Waals surface area contributed by atoms with Crippen molar-refractivity contribution in [1.82, 2.24) is 5.32 Å². The molecule has 0 aliphatic heterocycles. The molecular formula is C21H32FN. The van der Waals surface area contributed by atoms with Crippen LogP contribution >= 0.6 is 0 Å². The molecule has 128 valence electrons. The van der Waals surface area contributed by atoms with Crippen molar-refractivity contribution in [2.45, 2.75) is 47.0 Å². The van der Waals surface area contributed by atoms with Gasteiger partial charge in [0.2, 0.25) is 0 Å². The molecular weight excluding hydrogens is 285 g/mol. The number of hydrogen-bond donors (Lipinski definition) is 1. The maximum atomic E-state index is 13.4. The summed E-state index contributed by atoms with van der Waals surface area (Å²) in [6, 6.07) is 15.4. The average Bonchev–Trinajstić information content (AvgIpc) is 2.59. The van der Waals surface area contributed by atoms with Gasteiger partial charge in [0, 0.05) is 5.92 Å². The maximum absolute atomic E-state index is 13.4. The van der Waals surface area contributed by atoms with E-state index in [-0.39, 0.29) is 11.7 Å². The first-order valence-corrected chi connectivity index (χ1v) is 8.67. The van der Waals surface area contributed by atoms with E-state index in [9.17, 15) is 4.39 Å². The summed E-state index contributed by atoms with van der Waals surface area (Å²) in [7, 11) is 1.94. The summed E-state index contributed by atoms with van der Waals surface area (Å²) in [4.78, 5) is 0. The predicted molar refractivity (Wildman–Crippen MR) is 101 cm³/mol. The summed E-state index contributed by atoms with van der Waals surface area (Å²) in [6.45, 7) is 11.0. The van der Waals surface area contributed by atoms with E-state index in [1.54, 1.807) is 12.1 Å². The highest BCUT2D eigenvalue weighted by Gasteiger charge is 2.14. The molecule has 2 aromatic rings. The first-order valence-electron chi connectivity index (χ1n) is 8.67. The van der Waals surface area contributed by atoms with E-state index < -0.39 is 0 Å². The number of aryl methyl sites for hydroxylation is 1. The zero-order valence-corrected chi connectivity index (χ0v) is 15.5. The Hall–Kier alpha value is -1.67. The van der Waals surface area contributed by atoms with E-state index in [0.717, 1.165) is 18.5 Å². The van der Waals surface area contributed by atoms with Crippen LogP contribution < -0.4 is 5.32 Å². The minimum atomic E-state index is -0.167. The second-order valence-corrected chi connectivity index (χ2v) is 4.91. The van der Waals surface area contributed by atoms with Crippen molar-refractivity contribution in [3.8, 4) is 0 Å². The largest absolute Gasteiger partial charge is 0.320 e. The Labute approximate surface area is 142 Å². The maximum Gasteiger partial charge on any atom is 0.123 e. The minimum Gasteiger partial charge on any atom is -0.320 e. The Balaban J connectivity index is 0.00000112. The summed E-state index contributed by atoms with van der Waals surface area (Å²) in [5, 5.41) is 3.17. The van der Waals surface area contributed by atoms with Crippen molar-refractivity contribution in [2.75, 3.05) is 13.6 Å². The van der Waals surface area contributed by atoms with Gasteiger partial charge < -0.3 is 5.32 Å². The molecule has 0 saturated heterocycles. The molecule has 0 radical (unpaired) electrons. The number of benzene rings is 2. The predicted octanol–water partition coefficient (Wildman–Crippen LogP) is 5.93. The molecule has 23 heavy (non-hydrogen) atoms. The van der Waals surface area contributed by atoms with Crippen LogP contribution in [0.1, 0.15) is 56.7 Å². The van der Waals surface area contributed by atoms with E-state index in [1.807, 2.05) is 40.8 Å². The third kappa shape index (κ3) is 7.43. The van der Waals surface area contributed by atoms with Crippen LogP contribution in [0.15, 0.2) is 48.5 Å². The lowest BCUT2D eigenvalue weighted by Crippen LogP contribution is -2.13. The molecule has 1 nitrogen and oxygen atoms in total. The molecule has 0 fully saturated rings. The quantitative estimate of drug-likeness (QED) is 0.721. The number of nitrogens with one attached hydrogen (secondary N) is 1. The van der Waals surface area contributed by atoms with Gasteiger partial charge in [-0.1, -0.05) is 69.7 Å². The average molecular weight is 317 g/mol. The van der Waals surface area contributed by atoms with Crippen LogP contribution in [-0.2, 0) is 0 Å². The highest BCUT2D eigenvalue weighted by molar-refractivity contribution is 5.34. The summed E-state index contributed by atoms with van der Waals surface area (Å²) < 4.78 is 13.4. The van der Waals surface area contributed by atoms with Crippen LogP contribution in [0.3, 0.4) is 0 Å². The fraction of sp³-hybridized carbons (Fsp3) is 0.429. The molecule has 0 saturated carbocycles. The first kappa shape index (κ1) is 21.3. The van der Waals surface area contributed by atoms with E-state index in [0.29, 0.717) is 0 Å². The van der Waals surface area contributed by atoms with Crippen LogP contribution in [0.4, 0.5) is 4.39 Å². The van der Waals surface area contributed by atoms with Crippen LogP contribution in [0.5, 0.6) is 0 Å². The number of hydrogen-bond acceptors (Lipinski definition) is 1. The third-order valence-corrected chi connectivity index (χ3v) is 3.38. The third-order valence-electron chi connectivity index (χ3n) is 3.38. The normalized spacial score (nSPS) is 10.7. The lowest BCUT2D eigenvalue weighted by Gasteiger charge is -2.18. The summed E-state index contributed by atoms with van der Waals surface area (Å²) in [6.07, 6.45) is 0.962. The SMILES string of the molecule is CC.CC.CNCCC(c1cccc(C)c1)c1cccc(F)c1. The molecule has 0 spiro atoms. The molecule has 0 aromatic heterocycles. The molecule has 1 unspecified atom stereocenters. The zero-order chi connectivity index (χ0) is 17.7. The lowest BCUT2D eigenvalue weighted by molar-refractivity contribution is 0.616. The Morgan fingerprint density at radius 1 is 0.913 bits per heavy atom.